The molecule has 0 aliphatic heterocycles. The summed E-state index contributed by atoms with van der Waals surface area (Å²) >= 11 is 0. The predicted octanol–water partition coefficient (Wildman–Crippen LogP) is 5.90. The lowest BCUT2D eigenvalue weighted by Crippen LogP contribution is -1.96. The average molecular weight is 234 g/mol. The first-order valence-corrected chi connectivity index (χ1v) is 7.57. The van der Waals surface area contributed by atoms with Crippen LogP contribution in [0.3, 0.4) is 0 Å². The molecule has 0 heteroatoms. The van der Waals surface area contributed by atoms with Gasteiger partial charge in [-0.2, -0.15) is 0 Å². The highest BCUT2D eigenvalue weighted by molar-refractivity contribution is 4.96. The molecular formula is C17H30. The topological polar surface area (TPSA) is 0 Å². The Balaban J connectivity index is 2.13. The summed E-state index contributed by atoms with van der Waals surface area (Å²) in [6.07, 6.45) is 16.9. The van der Waals surface area contributed by atoms with Crippen molar-refractivity contribution in [3.63, 3.8) is 0 Å². The Kier molecular flexibility index (Phi) is 7.32. The van der Waals surface area contributed by atoms with Crippen molar-refractivity contribution in [2.24, 2.45) is 11.8 Å². The molecule has 2 atom stereocenters. The third-order valence-corrected chi connectivity index (χ3v) is 3.94. The molecule has 98 valence electrons. The average Bonchev–Trinajstić information content (AvgIpc) is 2.52. The summed E-state index contributed by atoms with van der Waals surface area (Å²) in [4.78, 5) is 0. The van der Waals surface area contributed by atoms with E-state index in [-0.39, 0.29) is 0 Å². The van der Waals surface area contributed by atoms with Crippen LogP contribution in [0.1, 0.15) is 71.6 Å². The first-order chi connectivity index (χ1) is 8.22. The lowest BCUT2D eigenvalue weighted by atomic mass is 9.95. The summed E-state index contributed by atoms with van der Waals surface area (Å²) < 4.78 is 0. The molecule has 0 saturated carbocycles. The van der Waals surface area contributed by atoms with Crippen molar-refractivity contribution in [3.05, 3.63) is 24.3 Å². The second kappa shape index (κ2) is 8.55. The van der Waals surface area contributed by atoms with Gasteiger partial charge in [0.15, 0.2) is 0 Å². The molecule has 1 aliphatic rings. The largest absolute Gasteiger partial charge is 0.0999 e. The Morgan fingerprint density at radius 3 is 2.71 bits per heavy atom. The molecule has 2 unspecified atom stereocenters. The van der Waals surface area contributed by atoms with Crippen molar-refractivity contribution >= 4 is 0 Å². The van der Waals surface area contributed by atoms with Crippen molar-refractivity contribution in [1.29, 1.82) is 0 Å². The monoisotopic (exact) mass is 234 g/mol. The van der Waals surface area contributed by atoms with Crippen LogP contribution in [0.5, 0.6) is 0 Å². The van der Waals surface area contributed by atoms with E-state index in [0.29, 0.717) is 0 Å². The highest BCUT2D eigenvalue weighted by atomic mass is 14.2. The zero-order chi connectivity index (χ0) is 12.5. The molecule has 0 saturated heterocycles. The van der Waals surface area contributed by atoms with Gasteiger partial charge in [0.05, 0.1) is 0 Å². The Bertz CT molecular complexity index is 236. The van der Waals surface area contributed by atoms with E-state index in [0.717, 1.165) is 11.8 Å². The van der Waals surface area contributed by atoms with Gasteiger partial charge in [-0.1, -0.05) is 51.0 Å². The molecule has 1 aliphatic carbocycles. The molecule has 0 N–H and O–H groups in total. The van der Waals surface area contributed by atoms with Gasteiger partial charge in [-0.3, -0.25) is 0 Å². The van der Waals surface area contributed by atoms with E-state index in [9.17, 15) is 0 Å². The third-order valence-electron chi connectivity index (χ3n) is 3.94. The van der Waals surface area contributed by atoms with Gasteiger partial charge in [-0.25, -0.2) is 0 Å². The number of hydrogen-bond acceptors (Lipinski definition) is 0. The number of hydrogen-bond donors (Lipinski definition) is 0. The Labute approximate surface area is 108 Å². The molecular weight excluding hydrogens is 204 g/mol. The van der Waals surface area contributed by atoms with Crippen molar-refractivity contribution in [2.75, 3.05) is 0 Å². The molecule has 0 spiro atoms. The lowest BCUT2D eigenvalue weighted by Gasteiger charge is -2.11. The van der Waals surface area contributed by atoms with Crippen LogP contribution in [-0.4, -0.2) is 0 Å². The SMILES string of the molecule is C=C(CCCC)CCCC1C=CC(C)CCC1. The summed E-state index contributed by atoms with van der Waals surface area (Å²) in [5, 5.41) is 0. The second-order valence-corrected chi connectivity index (χ2v) is 5.80. The fraction of sp³-hybridized carbons (Fsp3) is 0.765. The summed E-state index contributed by atoms with van der Waals surface area (Å²) in [6, 6.07) is 0. The maximum atomic E-state index is 4.19. The number of rotatable bonds is 7. The van der Waals surface area contributed by atoms with Gasteiger partial charge < -0.3 is 0 Å². The molecule has 0 heterocycles. The smallest absolute Gasteiger partial charge is 0.0233 e. The number of unbranched alkanes of at least 4 members (excludes halogenated alkanes) is 1. The van der Waals surface area contributed by atoms with Crippen LogP contribution >= 0.6 is 0 Å². The van der Waals surface area contributed by atoms with Gasteiger partial charge in [0.25, 0.3) is 0 Å². The van der Waals surface area contributed by atoms with Crippen LogP contribution < -0.4 is 0 Å². The molecule has 17 heavy (non-hydrogen) atoms. The molecule has 0 nitrogen and oxygen atoms in total. The van der Waals surface area contributed by atoms with E-state index in [1.54, 1.807) is 0 Å². The van der Waals surface area contributed by atoms with Crippen molar-refractivity contribution < 1.29 is 0 Å². The van der Waals surface area contributed by atoms with E-state index in [4.69, 9.17) is 0 Å². The highest BCUT2D eigenvalue weighted by Gasteiger charge is 2.10. The molecule has 0 aromatic rings. The van der Waals surface area contributed by atoms with Gasteiger partial charge in [-0.15, -0.1) is 0 Å². The van der Waals surface area contributed by atoms with Gasteiger partial charge in [0.2, 0.25) is 0 Å². The summed E-state index contributed by atoms with van der Waals surface area (Å²) in [5.74, 6) is 1.65. The lowest BCUT2D eigenvalue weighted by molar-refractivity contribution is 0.491. The second-order valence-electron chi connectivity index (χ2n) is 5.80. The predicted molar refractivity (Wildman–Crippen MR) is 78.2 cm³/mol. The molecule has 0 fully saturated rings. The molecule has 0 aromatic carbocycles. The van der Waals surface area contributed by atoms with Crippen LogP contribution in [0.25, 0.3) is 0 Å². The van der Waals surface area contributed by atoms with Crippen LogP contribution in [0.2, 0.25) is 0 Å². The van der Waals surface area contributed by atoms with Crippen molar-refractivity contribution in [3.8, 4) is 0 Å². The molecule has 1 rings (SSSR count). The Morgan fingerprint density at radius 2 is 1.94 bits per heavy atom. The summed E-state index contributed by atoms with van der Waals surface area (Å²) in [6.45, 7) is 8.78. The van der Waals surface area contributed by atoms with E-state index >= 15 is 0 Å². The van der Waals surface area contributed by atoms with Gasteiger partial charge in [0, 0.05) is 0 Å². The van der Waals surface area contributed by atoms with Crippen LogP contribution in [0.4, 0.5) is 0 Å². The number of allylic oxidation sites excluding steroid dienone is 3. The standard InChI is InChI=1S/C17H30/c1-4-5-8-15(2)9-6-11-17-12-7-10-16(3)13-14-17/h13-14,16-17H,2,4-12H2,1,3H3. The molecule has 0 bridgehead atoms. The molecule has 0 radical (unpaired) electrons. The third kappa shape index (κ3) is 6.71. The van der Waals surface area contributed by atoms with E-state index in [2.05, 4.69) is 32.6 Å². The highest BCUT2D eigenvalue weighted by Crippen LogP contribution is 2.25. The first-order valence-electron chi connectivity index (χ1n) is 7.57. The maximum Gasteiger partial charge on any atom is -0.0233 e. The fourth-order valence-electron chi connectivity index (χ4n) is 2.65. The van der Waals surface area contributed by atoms with Crippen LogP contribution in [0, 0.1) is 11.8 Å². The van der Waals surface area contributed by atoms with E-state index in [1.165, 1.54) is 63.4 Å². The maximum absolute atomic E-state index is 4.19. The molecule has 0 amide bonds. The molecule has 0 aromatic heterocycles. The zero-order valence-electron chi connectivity index (χ0n) is 11.9. The minimum absolute atomic E-state index is 0.805. The Morgan fingerprint density at radius 1 is 1.18 bits per heavy atom. The fourth-order valence-corrected chi connectivity index (χ4v) is 2.65. The summed E-state index contributed by atoms with van der Waals surface area (Å²) in [5.41, 5.74) is 1.47. The van der Waals surface area contributed by atoms with E-state index in [1.807, 2.05) is 0 Å². The van der Waals surface area contributed by atoms with Gasteiger partial charge in [0.1, 0.15) is 0 Å². The van der Waals surface area contributed by atoms with Crippen LogP contribution in [-0.2, 0) is 0 Å². The van der Waals surface area contributed by atoms with Crippen molar-refractivity contribution in [2.45, 2.75) is 71.6 Å². The quantitative estimate of drug-likeness (QED) is 0.481. The minimum atomic E-state index is 0.805. The van der Waals surface area contributed by atoms with Crippen LogP contribution in [0.15, 0.2) is 24.3 Å². The zero-order valence-corrected chi connectivity index (χ0v) is 11.9. The first kappa shape index (κ1) is 14.5. The van der Waals surface area contributed by atoms with Gasteiger partial charge in [-0.05, 0) is 56.8 Å². The normalized spacial score (nSPS) is 24.6. The minimum Gasteiger partial charge on any atom is -0.0999 e. The van der Waals surface area contributed by atoms with Gasteiger partial charge >= 0.3 is 0 Å². The van der Waals surface area contributed by atoms with E-state index < -0.39 is 0 Å². The van der Waals surface area contributed by atoms with Crippen molar-refractivity contribution in [1.82, 2.24) is 0 Å². The Hall–Kier alpha value is -0.520. The summed E-state index contributed by atoms with van der Waals surface area (Å²) in [7, 11) is 0.